The molecule has 0 fully saturated rings. The predicted molar refractivity (Wildman–Crippen MR) is 63.4 cm³/mol. The molecule has 1 aromatic rings. The Kier molecular flexibility index (Phi) is 5.29. The van der Waals surface area contributed by atoms with Gasteiger partial charge < -0.3 is 10.6 Å². The van der Waals surface area contributed by atoms with E-state index in [1.165, 1.54) is 5.56 Å². The summed E-state index contributed by atoms with van der Waals surface area (Å²) in [6.45, 7) is 5.06. The molecule has 2 N–H and O–H groups in total. The van der Waals surface area contributed by atoms with Gasteiger partial charge in [0.25, 0.3) is 0 Å². The minimum absolute atomic E-state index is 0.616. The van der Waals surface area contributed by atoms with Gasteiger partial charge in [0.05, 0.1) is 0 Å². The van der Waals surface area contributed by atoms with Gasteiger partial charge in [-0.2, -0.15) is 0 Å². The van der Waals surface area contributed by atoms with Crippen LogP contribution in [0.3, 0.4) is 0 Å². The highest BCUT2D eigenvalue weighted by molar-refractivity contribution is 5.09. The Morgan fingerprint density at radius 3 is 2.67 bits per heavy atom. The Morgan fingerprint density at radius 1 is 1.40 bits per heavy atom. The van der Waals surface area contributed by atoms with E-state index < -0.39 is 0 Å². The van der Waals surface area contributed by atoms with Crippen LogP contribution in [-0.4, -0.2) is 30.0 Å². The van der Waals surface area contributed by atoms with Crippen LogP contribution < -0.4 is 5.73 Å². The largest absolute Gasteiger partial charge is 0.330 e. The van der Waals surface area contributed by atoms with Crippen molar-refractivity contribution in [2.45, 2.75) is 19.9 Å². The number of aromatic nitrogens is 1. The van der Waals surface area contributed by atoms with Crippen LogP contribution in [0.1, 0.15) is 18.9 Å². The van der Waals surface area contributed by atoms with E-state index in [1.54, 1.807) is 0 Å². The molecular formula is C12H21N3. The van der Waals surface area contributed by atoms with Crippen molar-refractivity contribution >= 4 is 0 Å². The first-order valence-electron chi connectivity index (χ1n) is 5.50. The average molecular weight is 207 g/mol. The molecule has 0 aliphatic rings. The van der Waals surface area contributed by atoms with Crippen LogP contribution in [0.25, 0.3) is 0 Å². The van der Waals surface area contributed by atoms with Gasteiger partial charge in [0.15, 0.2) is 0 Å². The summed E-state index contributed by atoms with van der Waals surface area (Å²) in [6, 6.07) is 4.12. The van der Waals surface area contributed by atoms with Crippen molar-refractivity contribution in [3.63, 3.8) is 0 Å². The molecule has 0 aliphatic carbocycles. The summed E-state index contributed by atoms with van der Waals surface area (Å²) in [4.78, 5) is 6.33. The van der Waals surface area contributed by atoms with E-state index in [4.69, 9.17) is 5.73 Å². The second-order valence-corrected chi connectivity index (χ2v) is 4.22. The van der Waals surface area contributed by atoms with Gasteiger partial charge >= 0.3 is 0 Å². The fraction of sp³-hybridized carbons (Fsp3) is 0.583. The Hall–Kier alpha value is -0.930. The van der Waals surface area contributed by atoms with E-state index in [0.717, 1.165) is 26.1 Å². The maximum atomic E-state index is 5.58. The normalized spacial score (nSPS) is 13.1. The minimum Gasteiger partial charge on any atom is -0.330 e. The van der Waals surface area contributed by atoms with Crippen molar-refractivity contribution < 1.29 is 0 Å². The molecule has 0 radical (unpaired) electrons. The first kappa shape index (κ1) is 12.1. The molecule has 84 valence electrons. The Labute approximate surface area is 92.3 Å². The quantitative estimate of drug-likeness (QED) is 0.768. The van der Waals surface area contributed by atoms with Crippen LogP contribution in [0.2, 0.25) is 0 Å². The summed E-state index contributed by atoms with van der Waals surface area (Å²) in [5.41, 5.74) is 6.90. The number of hydrogen-bond acceptors (Lipinski definition) is 3. The molecule has 1 aromatic heterocycles. The third-order valence-corrected chi connectivity index (χ3v) is 2.61. The van der Waals surface area contributed by atoms with Crippen molar-refractivity contribution in [1.29, 1.82) is 0 Å². The molecule has 0 aliphatic heterocycles. The molecule has 3 nitrogen and oxygen atoms in total. The molecule has 0 saturated carbocycles. The van der Waals surface area contributed by atoms with Crippen molar-refractivity contribution in [2.24, 2.45) is 11.7 Å². The molecule has 0 spiro atoms. The molecule has 1 heterocycles. The number of nitrogens with two attached hydrogens (primary N) is 1. The highest BCUT2D eigenvalue weighted by Crippen LogP contribution is 2.04. The maximum absolute atomic E-state index is 5.58. The van der Waals surface area contributed by atoms with Gasteiger partial charge in [-0.1, -0.05) is 6.92 Å². The Morgan fingerprint density at radius 2 is 2.07 bits per heavy atom. The number of nitrogens with zero attached hydrogens (tertiary/aromatic N) is 2. The van der Waals surface area contributed by atoms with E-state index >= 15 is 0 Å². The third-order valence-electron chi connectivity index (χ3n) is 2.61. The van der Waals surface area contributed by atoms with Gasteiger partial charge in [-0.15, -0.1) is 0 Å². The Balaban J connectivity index is 2.27. The molecule has 3 heteroatoms. The van der Waals surface area contributed by atoms with Crippen LogP contribution in [0.15, 0.2) is 24.5 Å². The highest BCUT2D eigenvalue weighted by Gasteiger charge is 2.03. The van der Waals surface area contributed by atoms with Crippen LogP contribution in [-0.2, 0) is 6.54 Å². The van der Waals surface area contributed by atoms with Crippen LogP contribution in [0.5, 0.6) is 0 Å². The standard InChI is InChI=1S/C12H21N3/c1-11(9-13)5-8-15(2)10-12-3-6-14-7-4-12/h3-4,6-7,11H,5,8-10,13H2,1-2H3. The van der Waals surface area contributed by atoms with E-state index in [1.807, 2.05) is 12.4 Å². The third kappa shape index (κ3) is 4.91. The summed E-state index contributed by atoms with van der Waals surface area (Å²) in [7, 11) is 2.14. The zero-order chi connectivity index (χ0) is 11.1. The first-order valence-corrected chi connectivity index (χ1v) is 5.50. The van der Waals surface area contributed by atoms with E-state index in [0.29, 0.717) is 5.92 Å². The molecule has 0 saturated heterocycles. The second kappa shape index (κ2) is 6.53. The van der Waals surface area contributed by atoms with Gasteiger partial charge in [0.1, 0.15) is 0 Å². The van der Waals surface area contributed by atoms with Crippen LogP contribution >= 0.6 is 0 Å². The monoisotopic (exact) mass is 207 g/mol. The lowest BCUT2D eigenvalue weighted by Gasteiger charge is -2.18. The zero-order valence-corrected chi connectivity index (χ0v) is 9.69. The Bertz CT molecular complexity index is 261. The molecule has 1 unspecified atom stereocenters. The number of pyridine rings is 1. The first-order chi connectivity index (χ1) is 7.22. The van der Waals surface area contributed by atoms with Crippen LogP contribution in [0, 0.1) is 5.92 Å². The summed E-state index contributed by atoms with van der Waals surface area (Å²) in [5.74, 6) is 0.616. The van der Waals surface area contributed by atoms with Gasteiger partial charge in [-0.3, -0.25) is 4.98 Å². The van der Waals surface area contributed by atoms with Gasteiger partial charge in [0.2, 0.25) is 0 Å². The molecule has 0 amide bonds. The van der Waals surface area contributed by atoms with Crippen molar-refractivity contribution in [1.82, 2.24) is 9.88 Å². The lowest BCUT2D eigenvalue weighted by Crippen LogP contribution is -2.23. The summed E-state index contributed by atoms with van der Waals surface area (Å²) in [6.07, 6.45) is 4.84. The fourth-order valence-electron chi connectivity index (χ4n) is 1.44. The molecule has 0 bridgehead atoms. The molecular weight excluding hydrogens is 186 g/mol. The molecule has 15 heavy (non-hydrogen) atoms. The summed E-state index contributed by atoms with van der Waals surface area (Å²) < 4.78 is 0. The lowest BCUT2D eigenvalue weighted by molar-refractivity contribution is 0.300. The average Bonchev–Trinajstić information content (AvgIpc) is 2.27. The topological polar surface area (TPSA) is 42.1 Å². The summed E-state index contributed by atoms with van der Waals surface area (Å²) in [5, 5.41) is 0. The van der Waals surface area contributed by atoms with Gasteiger partial charge in [0, 0.05) is 18.9 Å². The second-order valence-electron chi connectivity index (χ2n) is 4.22. The minimum atomic E-state index is 0.616. The zero-order valence-electron chi connectivity index (χ0n) is 9.69. The van der Waals surface area contributed by atoms with E-state index in [9.17, 15) is 0 Å². The van der Waals surface area contributed by atoms with Crippen molar-refractivity contribution in [2.75, 3.05) is 20.1 Å². The lowest BCUT2D eigenvalue weighted by atomic mass is 10.1. The van der Waals surface area contributed by atoms with E-state index in [2.05, 4.69) is 36.0 Å². The molecule has 0 aromatic carbocycles. The molecule has 1 rings (SSSR count). The predicted octanol–water partition coefficient (Wildman–Crippen LogP) is 1.50. The van der Waals surface area contributed by atoms with Crippen molar-refractivity contribution in [3.8, 4) is 0 Å². The van der Waals surface area contributed by atoms with Crippen LogP contribution in [0.4, 0.5) is 0 Å². The molecule has 1 atom stereocenters. The maximum Gasteiger partial charge on any atom is 0.0271 e. The fourth-order valence-corrected chi connectivity index (χ4v) is 1.44. The SMILES string of the molecule is CC(CN)CCN(C)Cc1ccncc1. The van der Waals surface area contributed by atoms with Gasteiger partial charge in [-0.25, -0.2) is 0 Å². The smallest absolute Gasteiger partial charge is 0.0271 e. The van der Waals surface area contributed by atoms with Crippen molar-refractivity contribution in [3.05, 3.63) is 30.1 Å². The number of hydrogen-bond donors (Lipinski definition) is 1. The van der Waals surface area contributed by atoms with Gasteiger partial charge in [-0.05, 0) is 50.2 Å². The highest BCUT2D eigenvalue weighted by atomic mass is 15.1. The summed E-state index contributed by atoms with van der Waals surface area (Å²) >= 11 is 0. The number of rotatable bonds is 6. The van der Waals surface area contributed by atoms with E-state index in [-0.39, 0.29) is 0 Å².